The Balaban J connectivity index is 1.74. The molecule has 5 rings (SSSR count). The lowest BCUT2D eigenvalue weighted by Crippen LogP contribution is -2.57. The van der Waals surface area contributed by atoms with E-state index in [9.17, 15) is 9.59 Å². The van der Waals surface area contributed by atoms with E-state index in [-0.39, 0.29) is 18.4 Å². The molecule has 0 aliphatic carbocycles. The summed E-state index contributed by atoms with van der Waals surface area (Å²) in [5.74, 6) is -0.224. The maximum Gasteiger partial charge on any atom is 0.253 e. The first kappa shape index (κ1) is 18.5. The van der Waals surface area contributed by atoms with Crippen LogP contribution >= 0.6 is 0 Å². The van der Waals surface area contributed by atoms with Crippen molar-refractivity contribution in [2.45, 2.75) is 19.0 Å². The van der Waals surface area contributed by atoms with E-state index in [1.54, 1.807) is 24.5 Å². The number of aryl methyl sites for hydroxylation is 1. The van der Waals surface area contributed by atoms with Crippen molar-refractivity contribution in [2.24, 2.45) is 0 Å². The highest BCUT2D eigenvalue weighted by Gasteiger charge is 2.44. The van der Waals surface area contributed by atoms with E-state index in [1.807, 2.05) is 42.2 Å². The number of benzene rings is 2. The number of carbonyl (C=O) groups is 2. The van der Waals surface area contributed by atoms with Gasteiger partial charge in [-0.15, -0.1) is 0 Å². The summed E-state index contributed by atoms with van der Waals surface area (Å²) in [6, 6.07) is 17.4. The van der Waals surface area contributed by atoms with Crippen molar-refractivity contribution in [1.29, 1.82) is 0 Å². The van der Waals surface area contributed by atoms with Crippen molar-refractivity contribution in [3.8, 4) is 0 Å². The molecule has 0 fully saturated rings. The van der Waals surface area contributed by atoms with Gasteiger partial charge in [0.15, 0.2) is 0 Å². The number of nitrogens with zero attached hydrogens (tertiary/aromatic N) is 2. The highest BCUT2D eigenvalue weighted by molar-refractivity contribution is 6.00. The number of aromatic nitrogens is 1. The molecule has 1 atom stereocenters. The predicted octanol–water partition coefficient (Wildman–Crippen LogP) is 2.51. The second-order valence-electron chi connectivity index (χ2n) is 7.78. The average Bonchev–Trinajstić information content (AvgIpc) is 3.16. The topological polar surface area (TPSA) is 74.3 Å². The zero-order valence-electron chi connectivity index (χ0n) is 16.7. The Morgan fingerprint density at radius 3 is 2.67 bits per heavy atom. The first-order valence-electron chi connectivity index (χ1n) is 10.1. The molecule has 3 aromatic rings. The third kappa shape index (κ3) is 2.88. The van der Waals surface area contributed by atoms with E-state index in [0.717, 1.165) is 34.4 Å². The average molecular weight is 398 g/mol. The molecule has 2 aromatic carbocycles. The Kier molecular flexibility index (Phi) is 4.37. The molecule has 0 spiro atoms. The summed E-state index contributed by atoms with van der Waals surface area (Å²) in [5, 5.41) is 6.63. The lowest BCUT2D eigenvalue weighted by molar-refractivity contribution is -0.117. The molecule has 2 N–H and O–H groups in total. The molecule has 2 aliphatic heterocycles. The molecule has 0 saturated heterocycles. The summed E-state index contributed by atoms with van der Waals surface area (Å²) in [7, 11) is 0. The molecule has 0 bridgehead atoms. The zero-order chi connectivity index (χ0) is 20.7. The molecular formula is C24H22N4O2. The van der Waals surface area contributed by atoms with Gasteiger partial charge in [0.05, 0.1) is 12.2 Å². The number of hydrogen-bond donors (Lipinski definition) is 2. The van der Waals surface area contributed by atoms with Crippen molar-refractivity contribution in [3.63, 3.8) is 0 Å². The van der Waals surface area contributed by atoms with Gasteiger partial charge in [-0.1, -0.05) is 42.0 Å². The van der Waals surface area contributed by atoms with Crippen LogP contribution in [0.2, 0.25) is 0 Å². The van der Waals surface area contributed by atoms with E-state index in [1.165, 1.54) is 0 Å². The summed E-state index contributed by atoms with van der Waals surface area (Å²) in [5.41, 5.74) is 4.40. The molecule has 1 unspecified atom stereocenters. The smallest absolute Gasteiger partial charge is 0.253 e. The van der Waals surface area contributed by atoms with Crippen LogP contribution in [0.25, 0.3) is 0 Å². The van der Waals surface area contributed by atoms with Crippen LogP contribution < -0.4 is 15.5 Å². The molecule has 3 heterocycles. The summed E-state index contributed by atoms with van der Waals surface area (Å²) in [4.78, 5) is 32.1. The monoisotopic (exact) mass is 398 g/mol. The van der Waals surface area contributed by atoms with Crippen LogP contribution in [0, 0.1) is 6.92 Å². The molecule has 6 heteroatoms. The second kappa shape index (κ2) is 7.07. The van der Waals surface area contributed by atoms with Crippen molar-refractivity contribution in [3.05, 3.63) is 94.8 Å². The number of hydrogen-bond acceptors (Lipinski definition) is 4. The maximum absolute atomic E-state index is 13.3. The van der Waals surface area contributed by atoms with Gasteiger partial charge in [-0.2, -0.15) is 0 Å². The second-order valence-corrected chi connectivity index (χ2v) is 7.78. The van der Waals surface area contributed by atoms with Gasteiger partial charge in [-0.3, -0.25) is 19.9 Å². The van der Waals surface area contributed by atoms with E-state index >= 15 is 0 Å². The number of rotatable bonds is 3. The Morgan fingerprint density at radius 1 is 1.13 bits per heavy atom. The standard InChI is InChI=1S/C24H22N4O2/c1-16-13-18-9-12-28-21(29)15-26-24(20(14-16)22(18)28,19-5-3-2-4-6-19)27-23(30)17-7-10-25-11-8-17/h2-8,10-11,13-14,26H,9,12,15H2,1H3,(H,27,30). The Morgan fingerprint density at radius 2 is 1.90 bits per heavy atom. The van der Waals surface area contributed by atoms with Crippen molar-refractivity contribution in [2.75, 3.05) is 18.0 Å². The predicted molar refractivity (Wildman–Crippen MR) is 114 cm³/mol. The zero-order valence-corrected chi connectivity index (χ0v) is 16.7. The van der Waals surface area contributed by atoms with Gasteiger partial charge in [-0.25, -0.2) is 0 Å². The Hall–Kier alpha value is -3.51. The third-order valence-corrected chi connectivity index (χ3v) is 5.87. The fourth-order valence-corrected chi connectivity index (χ4v) is 4.52. The summed E-state index contributed by atoms with van der Waals surface area (Å²) in [6.07, 6.45) is 4.01. The van der Waals surface area contributed by atoms with Gasteiger partial charge >= 0.3 is 0 Å². The number of nitrogens with one attached hydrogen (secondary N) is 2. The quantitative estimate of drug-likeness (QED) is 0.711. The van der Waals surface area contributed by atoms with Crippen LogP contribution in [0.5, 0.6) is 0 Å². The number of amides is 2. The van der Waals surface area contributed by atoms with Crippen molar-refractivity contribution >= 4 is 17.5 Å². The van der Waals surface area contributed by atoms with E-state index in [0.29, 0.717) is 12.1 Å². The van der Waals surface area contributed by atoms with Gasteiger partial charge < -0.3 is 10.2 Å². The minimum absolute atomic E-state index is 0.00909. The van der Waals surface area contributed by atoms with Gasteiger partial charge in [-0.05, 0) is 42.7 Å². The van der Waals surface area contributed by atoms with Gasteiger partial charge in [0.1, 0.15) is 5.66 Å². The molecular weight excluding hydrogens is 376 g/mol. The molecule has 2 aliphatic rings. The number of pyridine rings is 1. The minimum Gasteiger partial charge on any atom is -0.326 e. The molecule has 0 radical (unpaired) electrons. The van der Waals surface area contributed by atoms with E-state index in [2.05, 4.69) is 27.8 Å². The van der Waals surface area contributed by atoms with Crippen LogP contribution in [-0.4, -0.2) is 29.9 Å². The molecule has 150 valence electrons. The van der Waals surface area contributed by atoms with Gasteiger partial charge in [0, 0.05) is 30.1 Å². The number of anilines is 1. The summed E-state index contributed by atoms with van der Waals surface area (Å²) < 4.78 is 0. The molecule has 6 nitrogen and oxygen atoms in total. The summed E-state index contributed by atoms with van der Waals surface area (Å²) >= 11 is 0. The molecule has 2 amide bonds. The molecule has 0 saturated carbocycles. The Labute approximate surface area is 174 Å². The largest absolute Gasteiger partial charge is 0.326 e. The van der Waals surface area contributed by atoms with E-state index in [4.69, 9.17) is 0 Å². The van der Waals surface area contributed by atoms with E-state index < -0.39 is 5.66 Å². The first-order valence-corrected chi connectivity index (χ1v) is 10.1. The van der Waals surface area contributed by atoms with Crippen LogP contribution in [0.1, 0.15) is 32.6 Å². The number of carbonyl (C=O) groups excluding carboxylic acids is 2. The van der Waals surface area contributed by atoms with Gasteiger partial charge in [0.25, 0.3) is 5.91 Å². The minimum atomic E-state index is -1.04. The van der Waals surface area contributed by atoms with Crippen LogP contribution in [0.15, 0.2) is 67.0 Å². The lowest BCUT2D eigenvalue weighted by Gasteiger charge is -2.37. The SMILES string of the molecule is Cc1cc2c3c(c1)C(NC(=O)c1ccncc1)(c1ccccc1)NCC(=O)N3CC2. The lowest BCUT2D eigenvalue weighted by atomic mass is 9.87. The van der Waals surface area contributed by atoms with Crippen molar-refractivity contribution < 1.29 is 9.59 Å². The normalized spacial score (nSPS) is 19.9. The summed E-state index contributed by atoms with van der Waals surface area (Å²) in [6.45, 7) is 2.83. The first-order chi connectivity index (χ1) is 14.6. The van der Waals surface area contributed by atoms with Crippen LogP contribution in [0.3, 0.4) is 0 Å². The van der Waals surface area contributed by atoms with Gasteiger partial charge in [0.2, 0.25) is 5.91 Å². The Bertz CT molecular complexity index is 1130. The van der Waals surface area contributed by atoms with Crippen molar-refractivity contribution in [1.82, 2.24) is 15.6 Å². The van der Waals surface area contributed by atoms with Crippen LogP contribution in [0.4, 0.5) is 5.69 Å². The molecule has 30 heavy (non-hydrogen) atoms. The maximum atomic E-state index is 13.3. The molecule has 1 aromatic heterocycles. The third-order valence-electron chi connectivity index (χ3n) is 5.87. The highest BCUT2D eigenvalue weighted by Crippen LogP contribution is 2.42. The fourth-order valence-electron chi connectivity index (χ4n) is 4.52. The fraction of sp³-hybridized carbons (Fsp3) is 0.208. The van der Waals surface area contributed by atoms with Crippen LogP contribution in [-0.2, 0) is 16.9 Å². The highest BCUT2D eigenvalue weighted by atomic mass is 16.2.